The molecule has 6 heteroatoms. The molecule has 0 saturated heterocycles. The number of benzene rings is 2. The first kappa shape index (κ1) is 15.7. The fraction of sp³-hybridized carbons (Fsp3) is 0. The van der Waals surface area contributed by atoms with Crippen LogP contribution in [-0.2, 0) is 0 Å². The van der Waals surface area contributed by atoms with Crippen LogP contribution in [0.25, 0.3) is 5.52 Å². The van der Waals surface area contributed by atoms with E-state index in [0.717, 1.165) is 5.75 Å². The predicted octanol–water partition coefficient (Wildman–Crippen LogP) is 3.67. The number of H-pyrrole nitrogens is 1. The van der Waals surface area contributed by atoms with Gasteiger partial charge in [-0.2, -0.15) is 0 Å². The Kier molecular flexibility index (Phi) is 3.99. The average molecular weight is 345 g/mol. The van der Waals surface area contributed by atoms with Gasteiger partial charge in [0.15, 0.2) is 0 Å². The third kappa shape index (κ3) is 3.08. The number of ether oxygens (including phenoxy) is 1. The molecule has 4 aromatic rings. The van der Waals surface area contributed by atoms with Crippen molar-refractivity contribution < 1.29 is 9.53 Å². The van der Waals surface area contributed by atoms with E-state index in [9.17, 15) is 9.59 Å². The number of fused-ring (bicyclic) bond motifs is 1. The molecule has 0 saturated carbocycles. The second-order valence-electron chi connectivity index (χ2n) is 5.67. The number of hydrogen-bond acceptors (Lipinski definition) is 3. The fourth-order valence-corrected chi connectivity index (χ4v) is 2.67. The van der Waals surface area contributed by atoms with Gasteiger partial charge in [-0.05, 0) is 48.5 Å². The molecule has 0 aliphatic heterocycles. The molecule has 2 aromatic carbocycles. The summed E-state index contributed by atoms with van der Waals surface area (Å²) in [6.07, 6.45) is 1.68. The summed E-state index contributed by atoms with van der Waals surface area (Å²) in [6, 6.07) is 21.6. The standard InChI is InChI=1S/C20H15N3O3/c24-19(18-17-8-4-5-13-23(17)22-20(18)25)21-14-9-11-16(12-10-14)26-15-6-2-1-3-7-15/h1-13H,(H,21,24)(H,22,25). The van der Waals surface area contributed by atoms with E-state index in [2.05, 4.69) is 10.4 Å². The zero-order valence-corrected chi connectivity index (χ0v) is 13.7. The first-order valence-corrected chi connectivity index (χ1v) is 8.04. The molecule has 0 radical (unpaired) electrons. The molecule has 2 N–H and O–H groups in total. The van der Waals surface area contributed by atoms with Crippen molar-refractivity contribution in [1.29, 1.82) is 0 Å². The summed E-state index contributed by atoms with van der Waals surface area (Å²) in [7, 11) is 0. The number of para-hydroxylation sites is 1. The number of aromatic amines is 1. The van der Waals surface area contributed by atoms with Crippen LogP contribution in [0.5, 0.6) is 11.5 Å². The van der Waals surface area contributed by atoms with Gasteiger partial charge in [0.05, 0.1) is 5.52 Å². The van der Waals surface area contributed by atoms with Crippen molar-refractivity contribution in [2.24, 2.45) is 0 Å². The van der Waals surface area contributed by atoms with Crippen molar-refractivity contribution in [2.45, 2.75) is 0 Å². The molecule has 0 aliphatic carbocycles. The number of aromatic nitrogens is 2. The molecule has 4 rings (SSSR count). The number of rotatable bonds is 4. The second-order valence-corrected chi connectivity index (χ2v) is 5.67. The van der Waals surface area contributed by atoms with Gasteiger partial charge in [0.1, 0.15) is 17.1 Å². The van der Waals surface area contributed by atoms with Gasteiger partial charge in [0.25, 0.3) is 11.5 Å². The summed E-state index contributed by atoms with van der Waals surface area (Å²) in [5.74, 6) is 0.925. The van der Waals surface area contributed by atoms with Crippen molar-refractivity contribution in [3.63, 3.8) is 0 Å². The van der Waals surface area contributed by atoms with Crippen LogP contribution in [0.2, 0.25) is 0 Å². The van der Waals surface area contributed by atoms with Gasteiger partial charge in [0, 0.05) is 11.9 Å². The minimum Gasteiger partial charge on any atom is -0.457 e. The molecule has 26 heavy (non-hydrogen) atoms. The summed E-state index contributed by atoms with van der Waals surface area (Å²) in [4.78, 5) is 24.6. The monoisotopic (exact) mass is 345 g/mol. The van der Waals surface area contributed by atoms with E-state index < -0.39 is 11.5 Å². The van der Waals surface area contributed by atoms with Gasteiger partial charge >= 0.3 is 0 Å². The van der Waals surface area contributed by atoms with Crippen molar-refractivity contribution in [1.82, 2.24) is 9.61 Å². The lowest BCUT2D eigenvalue weighted by molar-refractivity contribution is 0.102. The molecular weight excluding hydrogens is 330 g/mol. The topological polar surface area (TPSA) is 75.6 Å². The molecule has 6 nitrogen and oxygen atoms in total. The van der Waals surface area contributed by atoms with Crippen molar-refractivity contribution in [2.75, 3.05) is 5.32 Å². The number of pyridine rings is 1. The van der Waals surface area contributed by atoms with Crippen LogP contribution in [0, 0.1) is 0 Å². The molecule has 2 aromatic heterocycles. The first-order chi connectivity index (χ1) is 12.7. The van der Waals surface area contributed by atoms with Crippen molar-refractivity contribution in [3.05, 3.63) is 94.9 Å². The Hall–Kier alpha value is -3.80. The summed E-state index contributed by atoms with van der Waals surface area (Å²) >= 11 is 0. The summed E-state index contributed by atoms with van der Waals surface area (Å²) in [6.45, 7) is 0. The minimum atomic E-state index is -0.461. The van der Waals surface area contributed by atoms with Crippen LogP contribution in [0.3, 0.4) is 0 Å². The number of amides is 1. The predicted molar refractivity (Wildman–Crippen MR) is 98.9 cm³/mol. The number of carbonyl (C=O) groups excluding carboxylic acids is 1. The first-order valence-electron chi connectivity index (χ1n) is 8.04. The van der Waals surface area contributed by atoms with Crippen molar-refractivity contribution in [3.8, 4) is 11.5 Å². The van der Waals surface area contributed by atoms with E-state index in [1.54, 1.807) is 48.7 Å². The van der Waals surface area contributed by atoms with E-state index in [0.29, 0.717) is 17.0 Å². The van der Waals surface area contributed by atoms with Gasteiger partial charge in [-0.15, -0.1) is 0 Å². The number of hydrogen-bond donors (Lipinski definition) is 2. The molecule has 0 atom stereocenters. The SMILES string of the molecule is O=C(Nc1ccc(Oc2ccccc2)cc1)c1c(=O)[nH]n2ccccc12. The highest BCUT2D eigenvalue weighted by Crippen LogP contribution is 2.23. The Morgan fingerprint density at radius 1 is 0.885 bits per heavy atom. The lowest BCUT2D eigenvalue weighted by atomic mass is 10.2. The van der Waals surface area contributed by atoms with Crippen LogP contribution >= 0.6 is 0 Å². The molecule has 0 fully saturated rings. The van der Waals surface area contributed by atoms with Crippen LogP contribution in [0.4, 0.5) is 5.69 Å². The van der Waals surface area contributed by atoms with Gasteiger partial charge in [-0.1, -0.05) is 24.3 Å². The highest BCUT2D eigenvalue weighted by Gasteiger charge is 2.17. The number of anilines is 1. The van der Waals surface area contributed by atoms with E-state index in [4.69, 9.17) is 4.74 Å². The molecule has 2 heterocycles. The molecule has 128 valence electrons. The lowest BCUT2D eigenvalue weighted by Crippen LogP contribution is -2.19. The summed E-state index contributed by atoms with van der Waals surface area (Å²) < 4.78 is 7.24. The van der Waals surface area contributed by atoms with E-state index in [-0.39, 0.29) is 5.56 Å². The molecule has 0 unspecified atom stereocenters. The molecular formula is C20H15N3O3. The van der Waals surface area contributed by atoms with E-state index in [1.165, 1.54) is 4.52 Å². The maximum absolute atomic E-state index is 12.5. The fourth-order valence-electron chi connectivity index (χ4n) is 2.67. The zero-order chi connectivity index (χ0) is 17.9. The maximum atomic E-state index is 12.5. The average Bonchev–Trinajstić information content (AvgIpc) is 3.00. The van der Waals surface area contributed by atoms with Crippen LogP contribution in [0.15, 0.2) is 83.8 Å². The third-order valence-corrected chi connectivity index (χ3v) is 3.88. The molecule has 0 bridgehead atoms. The molecule has 1 amide bonds. The second kappa shape index (κ2) is 6.60. The van der Waals surface area contributed by atoms with Crippen LogP contribution in [-0.4, -0.2) is 15.5 Å². The largest absolute Gasteiger partial charge is 0.457 e. The third-order valence-electron chi connectivity index (χ3n) is 3.88. The van der Waals surface area contributed by atoms with Gasteiger partial charge < -0.3 is 10.1 Å². The summed E-state index contributed by atoms with van der Waals surface area (Å²) in [5, 5.41) is 5.35. The molecule has 0 spiro atoms. The normalized spacial score (nSPS) is 10.6. The van der Waals surface area contributed by atoms with E-state index >= 15 is 0 Å². The lowest BCUT2D eigenvalue weighted by Gasteiger charge is -2.07. The quantitative estimate of drug-likeness (QED) is 0.592. The highest BCUT2D eigenvalue weighted by atomic mass is 16.5. The van der Waals surface area contributed by atoms with Crippen molar-refractivity contribution >= 4 is 17.1 Å². The summed E-state index contributed by atoms with van der Waals surface area (Å²) in [5.41, 5.74) is 0.747. The maximum Gasteiger partial charge on any atom is 0.277 e. The smallest absolute Gasteiger partial charge is 0.277 e. The number of carbonyl (C=O) groups is 1. The Bertz CT molecular complexity index is 1110. The Labute approximate surface area is 148 Å². The van der Waals surface area contributed by atoms with Gasteiger partial charge in [0.2, 0.25) is 0 Å². The van der Waals surface area contributed by atoms with E-state index in [1.807, 2.05) is 30.3 Å². The number of nitrogens with one attached hydrogen (secondary N) is 2. The van der Waals surface area contributed by atoms with Gasteiger partial charge in [-0.3, -0.25) is 19.2 Å². The number of nitrogens with zero attached hydrogens (tertiary/aromatic N) is 1. The Morgan fingerprint density at radius 3 is 2.35 bits per heavy atom. The van der Waals surface area contributed by atoms with Crippen LogP contribution < -0.4 is 15.6 Å². The zero-order valence-electron chi connectivity index (χ0n) is 13.7. The Morgan fingerprint density at radius 2 is 1.58 bits per heavy atom. The van der Waals surface area contributed by atoms with Gasteiger partial charge in [-0.25, -0.2) is 0 Å². The Balaban J connectivity index is 1.53. The molecule has 0 aliphatic rings. The minimum absolute atomic E-state index is 0.0789. The highest BCUT2D eigenvalue weighted by molar-refractivity contribution is 6.08. The van der Waals surface area contributed by atoms with Crippen LogP contribution in [0.1, 0.15) is 10.4 Å².